The number of nitrogens with zero attached hydrogens (tertiary/aromatic N) is 1. The summed E-state index contributed by atoms with van der Waals surface area (Å²) in [5.74, 6) is 0. The third-order valence-electron chi connectivity index (χ3n) is 4.74. The minimum absolute atomic E-state index is 0.155. The van der Waals surface area contributed by atoms with Crippen LogP contribution in [0.3, 0.4) is 0 Å². The van der Waals surface area contributed by atoms with Gasteiger partial charge < -0.3 is 15.2 Å². The summed E-state index contributed by atoms with van der Waals surface area (Å²) in [6.07, 6.45) is 4.80. The Morgan fingerprint density at radius 3 is 2.86 bits per heavy atom. The molecule has 2 N–H and O–H groups in total. The van der Waals surface area contributed by atoms with E-state index in [2.05, 4.69) is 31.1 Å². The fraction of sp³-hybridized carbons (Fsp3) is 0.625. The van der Waals surface area contributed by atoms with Crippen LogP contribution in [0.5, 0.6) is 0 Å². The maximum absolute atomic E-state index is 12.5. The highest BCUT2D eigenvalue weighted by molar-refractivity contribution is 5.89. The molecule has 1 aromatic rings. The highest BCUT2D eigenvalue weighted by Gasteiger charge is 2.51. The van der Waals surface area contributed by atoms with Crippen LogP contribution in [0.2, 0.25) is 0 Å². The zero-order valence-electron chi connectivity index (χ0n) is 12.9. The molecule has 0 radical (unpaired) electrons. The van der Waals surface area contributed by atoms with Gasteiger partial charge in [0, 0.05) is 18.8 Å². The first kappa shape index (κ1) is 14.2. The van der Waals surface area contributed by atoms with Gasteiger partial charge in [-0.3, -0.25) is 4.79 Å². The molecular formula is C16H23N3O2. The molecule has 1 saturated carbocycles. The van der Waals surface area contributed by atoms with Gasteiger partial charge in [0.05, 0.1) is 0 Å². The first-order valence-corrected chi connectivity index (χ1v) is 7.53. The van der Waals surface area contributed by atoms with Gasteiger partial charge in [-0.25, -0.2) is 4.79 Å². The summed E-state index contributed by atoms with van der Waals surface area (Å²) < 4.78 is 0. The van der Waals surface area contributed by atoms with Crippen molar-refractivity contribution >= 4 is 11.7 Å². The molecular weight excluding hydrogens is 266 g/mol. The van der Waals surface area contributed by atoms with Crippen LogP contribution in [0.15, 0.2) is 23.1 Å². The Hall–Kier alpha value is -1.78. The Morgan fingerprint density at radius 2 is 2.14 bits per heavy atom. The number of H-pyrrole nitrogens is 1. The number of anilines is 1. The van der Waals surface area contributed by atoms with Crippen molar-refractivity contribution in [3.63, 3.8) is 0 Å². The minimum atomic E-state index is -0.264. The van der Waals surface area contributed by atoms with Crippen LogP contribution in [0.4, 0.5) is 10.5 Å². The van der Waals surface area contributed by atoms with Gasteiger partial charge in [-0.05, 0) is 42.2 Å². The number of fused-ring (bicyclic) bond motifs is 2. The minimum Gasteiger partial charge on any atom is -0.327 e. The number of aromatic nitrogens is 1. The number of likely N-dealkylation sites (tertiary alicyclic amines) is 1. The Balaban J connectivity index is 1.78. The Bertz CT molecular complexity index is 622. The van der Waals surface area contributed by atoms with E-state index in [4.69, 9.17) is 0 Å². The second kappa shape index (κ2) is 4.61. The van der Waals surface area contributed by atoms with Gasteiger partial charge in [-0.2, -0.15) is 0 Å². The predicted octanol–water partition coefficient (Wildman–Crippen LogP) is 2.81. The fourth-order valence-corrected chi connectivity index (χ4v) is 4.40. The van der Waals surface area contributed by atoms with E-state index in [1.165, 1.54) is 0 Å². The summed E-state index contributed by atoms with van der Waals surface area (Å²) in [5, 5.41) is 2.75. The molecule has 2 atom stereocenters. The molecule has 114 valence electrons. The lowest BCUT2D eigenvalue weighted by molar-refractivity contribution is 0.130. The lowest BCUT2D eigenvalue weighted by Crippen LogP contribution is -2.40. The highest BCUT2D eigenvalue weighted by atomic mass is 16.2. The summed E-state index contributed by atoms with van der Waals surface area (Å²) in [6.45, 7) is 7.60. The van der Waals surface area contributed by atoms with Gasteiger partial charge >= 0.3 is 6.03 Å². The van der Waals surface area contributed by atoms with Gasteiger partial charge in [-0.1, -0.05) is 20.8 Å². The van der Waals surface area contributed by atoms with E-state index < -0.39 is 0 Å². The van der Waals surface area contributed by atoms with Gasteiger partial charge in [-0.15, -0.1) is 0 Å². The van der Waals surface area contributed by atoms with Gasteiger partial charge in [0.25, 0.3) is 5.56 Å². The van der Waals surface area contributed by atoms with Crippen LogP contribution in [0.1, 0.15) is 40.0 Å². The van der Waals surface area contributed by atoms with Crippen molar-refractivity contribution in [2.75, 3.05) is 11.9 Å². The molecule has 0 spiro atoms. The van der Waals surface area contributed by atoms with Crippen molar-refractivity contribution in [1.29, 1.82) is 0 Å². The number of pyridine rings is 1. The van der Waals surface area contributed by atoms with Crippen LogP contribution in [-0.4, -0.2) is 28.5 Å². The molecule has 2 heterocycles. The number of nitrogens with one attached hydrogen (secondary N) is 2. The van der Waals surface area contributed by atoms with Crippen molar-refractivity contribution in [2.45, 2.75) is 46.1 Å². The number of hydrogen-bond donors (Lipinski definition) is 2. The maximum Gasteiger partial charge on any atom is 0.322 e. The number of aromatic amines is 1. The fourth-order valence-electron chi connectivity index (χ4n) is 4.40. The molecule has 1 aliphatic heterocycles. The molecule has 1 saturated heterocycles. The van der Waals surface area contributed by atoms with Crippen molar-refractivity contribution in [1.82, 2.24) is 9.88 Å². The molecule has 1 aromatic heterocycles. The van der Waals surface area contributed by atoms with E-state index in [0.29, 0.717) is 5.69 Å². The van der Waals surface area contributed by atoms with Crippen molar-refractivity contribution in [3.05, 3.63) is 28.7 Å². The maximum atomic E-state index is 12.5. The van der Waals surface area contributed by atoms with Gasteiger partial charge in [0.15, 0.2) is 0 Å². The van der Waals surface area contributed by atoms with E-state index in [-0.39, 0.29) is 28.5 Å². The van der Waals surface area contributed by atoms with Crippen LogP contribution in [0, 0.1) is 10.8 Å². The first-order valence-electron chi connectivity index (χ1n) is 7.53. The standard InChI is InChI=1S/C16H23N3O2/c1-15(2)7-11-8-16(3,9-15)10-19(11)14(21)18-12-5-4-6-17-13(12)20/h4-6,11H,7-10H2,1-3H3,(H,17,20)(H,18,21)/t11-,16-/m1/s1. The van der Waals surface area contributed by atoms with Crippen LogP contribution >= 0.6 is 0 Å². The number of urea groups is 1. The van der Waals surface area contributed by atoms with Crippen molar-refractivity contribution in [3.8, 4) is 0 Å². The quantitative estimate of drug-likeness (QED) is 0.835. The van der Waals surface area contributed by atoms with Crippen molar-refractivity contribution < 1.29 is 4.79 Å². The molecule has 0 aromatic carbocycles. The average molecular weight is 289 g/mol. The van der Waals surface area contributed by atoms with E-state index >= 15 is 0 Å². The first-order chi connectivity index (χ1) is 9.78. The lowest BCUT2D eigenvalue weighted by atomic mass is 9.65. The Labute approximate surface area is 124 Å². The molecule has 5 heteroatoms. The zero-order valence-corrected chi connectivity index (χ0v) is 12.9. The number of carbonyl (C=O) groups is 1. The molecule has 1 aliphatic carbocycles. The highest BCUT2D eigenvalue weighted by Crippen LogP contribution is 2.52. The van der Waals surface area contributed by atoms with E-state index in [1.54, 1.807) is 18.3 Å². The third-order valence-corrected chi connectivity index (χ3v) is 4.74. The van der Waals surface area contributed by atoms with Crippen LogP contribution in [-0.2, 0) is 0 Å². The predicted molar refractivity (Wildman–Crippen MR) is 82.3 cm³/mol. The summed E-state index contributed by atoms with van der Waals surface area (Å²) >= 11 is 0. The van der Waals surface area contributed by atoms with Crippen LogP contribution < -0.4 is 10.9 Å². The molecule has 0 unspecified atom stereocenters. The number of rotatable bonds is 1. The van der Waals surface area contributed by atoms with Crippen molar-refractivity contribution in [2.24, 2.45) is 10.8 Å². The van der Waals surface area contributed by atoms with Gasteiger partial charge in [0.2, 0.25) is 0 Å². The Morgan fingerprint density at radius 1 is 1.38 bits per heavy atom. The molecule has 2 amide bonds. The Kier molecular flexibility index (Phi) is 3.11. The largest absolute Gasteiger partial charge is 0.327 e. The summed E-state index contributed by atoms with van der Waals surface area (Å²) in [4.78, 5) is 28.7. The normalized spacial score (nSPS) is 30.2. The molecule has 2 aliphatic rings. The lowest BCUT2D eigenvalue weighted by Gasteiger charge is -2.39. The topological polar surface area (TPSA) is 65.2 Å². The van der Waals surface area contributed by atoms with E-state index in [9.17, 15) is 9.59 Å². The zero-order chi connectivity index (χ0) is 15.3. The summed E-state index contributed by atoms with van der Waals surface area (Å²) in [5.41, 5.74) is 0.525. The SMILES string of the molecule is CC1(C)C[C@@H]2C[C@@](C)(CN2C(=O)Nc2ccc[nH]c2=O)C1. The number of hydrogen-bond acceptors (Lipinski definition) is 2. The average Bonchev–Trinajstić information content (AvgIpc) is 2.61. The third kappa shape index (κ3) is 2.69. The second-order valence-corrected chi connectivity index (χ2v) is 7.68. The molecule has 3 rings (SSSR count). The van der Waals surface area contributed by atoms with E-state index in [1.807, 2.05) is 4.90 Å². The summed E-state index contributed by atoms with van der Waals surface area (Å²) in [6, 6.07) is 3.47. The monoisotopic (exact) mass is 289 g/mol. The molecule has 5 nitrogen and oxygen atoms in total. The molecule has 2 fully saturated rings. The number of amides is 2. The molecule has 21 heavy (non-hydrogen) atoms. The second-order valence-electron chi connectivity index (χ2n) is 7.68. The van der Waals surface area contributed by atoms with E-state index in [0.717, 1.165) is 25.8 Å². The van der Waals surface area contributed by atoms with Crippen LogP contribution in [0.25, 0.3) is 0 Å². The number of carbonyl (C=O) groups excluding carboxylic acids is 1. The smallest absolute Gasteiger partial charge is 0.322 e. The summed E-state index contributed by atoms with van der Waals surface area (Å²) in [7, 11) is 0. The molecule has 2 bridgehead atoms. The van der Waals surface area contributed by atoms with Gasteiger partial charge in [0.1, 0.15) is 5.69 Å².